The monoisotopic (exact) mass is 390 g/mol. The molecule has 0 radical (unpaired) electrons. The second kappa shape index (κ2) is 8.79. The molecule has 0 aromatic heterocycles. The summed E-state index contributed by atoms with van der Waals surface area (Å²) in [5, 5.41) is 76.9. The fourth-order valence-corrected chi connectivity index (χ4v) is 5.16. The van der Waals surface area contributed by atoms with E-state index in [9.17, 15) is 30.6 Å². The van der Waals surface area contributed by atoms with Crippen LogP contribution in [0, 0.1) is 0 Å². The van der Waals surface area contributed by atoms with Gasteiger partial charge < -0.3 is 50.3 Å². The average molecular weight is 390 g/mol. The van der Waals surface area contributed by atoms with Crippen LogP contribution in [0.2, 0.25) is 0 Å². The van der Waals surface area contributed by atoms with Crippen molar-refractivity contribution in [2.45, 2.75) is 59.7 Å². The average Bonchev–Trinajstić information content (AvgIpc) is 2.58. The highest BCUT2D eigenvalue weighted by Crippen LogP contribution is 2.41. The van der Waals surface area contributed by atoms with E-state index in [1.165, 1.54) is 0 Å². The zero-order valence-electron chi connectivity index (χ0n) is 12.4. The minimum absolute atomic E-state index is 0.563. The highest BCUT2D eigenvalue weighted by molar-refractivity contribution is 8.77. The van der Waals surface area contributed by atoms with E-state index in [0.29, 0.717) is 0 Å². The minimum Gasteiger partial charge on any atom is -0.394 e. The van der Waals surface area contributed by atoms with E-state index in [1.807, 2.05) is 0 Å². The van der Waals surface area contributed by atoms with Gasteiger partial charge in [-0.1, -0.05) is 21.6 Å². The van der Waals surface area contributed by atoms with Gasteiger partial charge in [0.15, 0.2) is 0 Å². The predicted molar refractivity (Wildman–Crippen MR) is 82.7 cm³/mol. The molecule has 0 spiro atoms. The van der Waals surface area contributed by atoms with Crippen LogP contribution in [-0.4, -0.2) is 114 Å². The highest BCUT2D eigenvalue weighted by Gasteiger charge is 2.47. The molecule has 0 aromatic rings. The van der Waals surface area contributed by atoms with Gasteiger partial charge >= 0.3 is 0 Å². The first-order valence-corrected chi connectivity index (χ1v) is 9.52. The maximum absolute atomic E-state index is 9.93. The van der Waals surface area contributed by atoms with E-state index in [1.54, 1.807) is 0 Å². The summed E-state index contributed by atoms with van der Waals surface area (Å²) in [6.45, 7) is -1.13. The van der Waals surface area contributed by atoms with Gasteiger partial charge in [0.05, 0.1) is 13.2 Å². The third-order valence-electron chi connectivity index (χ3n) is 3.94. The maximum Gasteiger partial charge on any atom is 0.142 e. The van der Waals surface area contributed by atoms with E-state index in [-0.39, 0.29) is 0 Å². The Bertz CT molecular complexity index is 364. The standard InChI is InChI=1S/C12H22O10S2/c13-1-3-5(15)7(17)9(19)11(21-3)23-24-12-10(20)8(18)6(16)4(2-14)22-12/h3-20H,1-2H2/t3-,4+,5-,6-,7-,8+,9-,10+,11-,12-/m0/s1. The molecule has 2 fully saturated rings. The van der Waals surface area contributed by atoms with Crippen LogP contribution in [-0.2, 0) is 9.47 Å². The Hall–Kier alpha value is 0.300. The van der Waals surface area contributed by atoms with E-state index < -0.39 is 72.9 Å². The molecular weight excluding hydrogens is 368 g/mol. The van der Waals surface area contributed by atoms with Crippen molar-refractivity contribution in [1.82, 2.24) is 0 Å². The summed E-state index contributed by atoms with van der Waals surface area (Å²) in [5.41, 5.74) is -2.09. The molecule has 0 aliphatic carbocycles. The highest BCUT2D eigenvalue weighted by atomic mass is 33.1. The van der Waals surface area contributed by atoms with E-state index >= 15 is 0 Å². The van der Waals surface area contributed by atoms with Gasteiger partial charge in [-0.2, -0.15) is 0 Å². The topological polar surface area (TPSA) is 180 Å². The SMILES string of the molecule is OC[C@@H]1O[C@@H](SS[C@@H]2O[C@H](CO)[C@H](O)[C@@H](O)[C@H]2O)[C@@H](O)[C@@H](O)[C@H]1O. The largest absolute Gasteiger partial charge is 0.394 e. The number of aliphatic hydroxyl groups excluding tert-OH is 8. The Kier molecular flexibility index (Phi) is 7.55. The third-order valence-corrected chi connectivity index (χ3v) is 6.68. The van der Waals surface area contributed by atoms with Crippen LogP contribution in [0.5, 0.6) is 0 Å². The second-order valence-corrected chi connectivity index (χ2v) is 8.06. The molecule has 0 amide bonds. The first-order valence-electron chi connectivity index (χ1n) is 7.25. The molecule has 2 saturated heterocycles. The summed E-state index contributed by atoms with van der Waals surface area (Å²) >= 11 is 0. The van der Waals surface area contributed by atoms with Gasteiger partial charge in [-0.15, -0.1) is 0 Å². The van der Waals surface area contributed by atoms with Crippen molar-refractivity contribution in [3.63, 3.8) is 0 Å². The predicted octanol–water partition coefficient (Wildman–Crippen LogP) is -4.03. The molecule has 0 aromatic carbocycles. The van der Waals surface area contributed by atoms with Gasteiger partial charge in [-0.25, -0.2) is 0 Å². The summed E-state index contributed by atoms with van der Waals surface area (Å²) in [4.78, 5) is 0. The zero-order valence-corrected chi connectivity index (χ0v) is 14.0. The fourth-order valence-electron chi connectivity index (χ4n) is 2.40. The van der Waals surface area contributed by atoms with E-state index in [2.05, 4.69) is 0 Å². The molecule has 10 nitrogen and oxygen atoms in total. The van der Waals surface area contributed by atoms with Crippen LogP contribution in [0.25, 0.3) is 0 Å². The van der Waals surface area contributed by atoms with Crippen molar-refractivity contribution in [2.75, 3.05) is 13.2 Å². The lowest BCUT2D eigenvalue weighted by atomic mass is 10.0. The van der Waals surface area contributed by atoms with Gasteiger partial charge in [-0.3, -0.25) is 0 Å². The number of aliphatic hydroxyl groups is 8. The molecule has 0 bridgehead atoms. The van der Waals surface area contributed by atoms with Crippen LogP contribution < -0.4 is 0 Å². The number of ether oxygens (including phenoxy) is 2. The summed E-state index contributed by atoms with van der Waals surface area (Å²) in [5.74, 6) is 0. The molecular formula is C12H22O10S2. The lowest BCUT2D eigenvalue weighted by Gasteiger charge is -2.42. The van der Waals surface area contributed by atoms with Crippen molar-refractivity contribution >= 4 is 21.6 Å². The van der Waals surface area contributed by atoms with Gasteiger partial charge in [0.1, 0.15) is 59.7 Å². The molecule has 24 heavy (non-hydrogen) atoms. The lowest BCUT2D eigenvalue weighted by Crippen LogP contribution is -2.58. The molecule has 142 valence electrons. The Morgan fingerprint density at radius 1 is 0.542 bits per heavy atom. The van der Waals surface area contributed by atoms with Gasteiger partial charge in [-0.05, 0) is 0 Å². The molecule has 0 saturated carbocycles. The van der Waals surface area contributed by atoms with Crippen molar-refractivity contribution in [2.24, 2.45) is 0 Å². The Morgan fingerprint density at radius 2 is 0.875 bits per heavy atom. The Balaban J connectivity index is 1.96. The number of hydrogen-bond acceptors (Lipinski definition) is 12. The molecule has 8 N–H and O–H groups in total. The van der Waals surface area contributed by atoms with E-state index in [0.717, 1.165) is 21.6 Å². The molecule has 10 atom stereocenters. The van der Waals surface area contributed by atoms with Crippen LogP contribution in [0.15, 0.2) is 0 Å². The van der Waals surface area contributed by atoms with E-state index in [4.69, 9.17) is 19.7 Å². The van der Waals surface area contributed by atoms with Gasteiger partial charge in [0, 0.05) is 0 Å². The quantitative estimate of drug-likeness (QED) is 0.213. The molecule has 0 unspecified atom stereocenters. The normalized spacial score (nSPS) is 50.0. The number of rotatable bonds is 5. The second-order valence-electron chi connectivity index (χ2n) is 5.59. The van der Waals surface area contributed by atoms with Crippen LogP contribution in [0.3, 0.4) is 0 Å². The van der Waals surface area contributed by atoms with Gasteiger partial charge in [0.2, 0.25) is 0 Å². The summed E-state index contributed by atoms with van der Waals surface area (Å²) in [7, 11) is 1.72. The molecule has 12 heteroatoms. The first-order chi connectivity index (χ1) is 11.3. The summed E-state index contributed by atoms with van der Waals surface area (Å²) in [6.07, 6.45) is -11.0. The smallest absolute Gasteiger partial charge is 0.142 e. The lowest BCUT2D eigenvalue weighted by molar-refractivity contribution is -0.206. The van der Waals surface area contributed by atoms with Crippen LogP contribution in [0.4, 0.5) is 0 Å². The van der Waals surface area contributed by atoms with Crippen molar-refractivity contribution in [1.29, 1.82) is 0 Å². The van der Waals surface area contributed by atoms with Crippen molar-refractivity contribution < 1.29 is 50.3 Å². The Labute approximate surface area is 145 Å². The van der Waals surface area contributed by atoms with Gasteiger partial charge in [0.25, 0.3) is 0 Å². The molecule has 2 aliphatic heterocycles. The molecule has 2 rings (SSSR count). The number of hydrogen-bond donors (Lipinski definition) is 8. The van der Waals surface area contributed by atoms with Crippen LogP contribution in [0.1, 0.15) is 0 Å². The minimum atomic E-state index is -1.52. The summed E-state index contributed by atoms with van der Waals surface area (Å²) < 4.78 is 10.6. The maximum atomic E-state index is 9.93. The van der Waals surface area contributed by atoms with Crippen molar-refractivity contribution in [3.8, 4) is 0 Å². The fraction of sp³-hybridized carbons (Fsp3) is 1.00. The molecule has 2 heterocycles. The van der Waals surface area contributed by atoms with Crippen molar-refractivity contribution in [3.05, 3.63) is 0 Å². The summed E-state index contributed by atoms with van der Waals surface area (Å²) in [6, 6.07) is 0. The third kappa shape index (κ3) is 4.16. The Morgan fingerprint density at radius 3 is 1.17 bits per heavy atom. The zero-order chi connectivity index (χ0) is 18.0. The van der Waals surface area contributed by atoms with Crippen LogP contribution >= 0.6 is 21.6 Å². The molecule has 2 aliphatic rings. The first kappa shape index (κ1) is 20.6.